The summed E-state index contributed by atoms with van der Waals surface area (Å²) in [6.45, 7) is 5.04. The molecule has 0 saturated carbocycles. The van der Waals surface area contributed by atoms with Crippen LogP contribution in [-0.2, 0) is 25.5 Å². The summed E-state index contributed by atoms with van der Waals surface area (Å²) >= 11 is 0. The van der Waals surface area contributed by atoms with E-state index in [4.69, 9.17) is 14.1 Å². The molecule has 1 aromatic carbocycles. The van der Waals surface area contributed by atoms with E-state index >= 15 is 0 Å². The number of esters is 2. The molecule has 0 unspecified atom stereocenters. The summed E-state index contributed by atoms with van der Waals surface area (Å²) in [6, 6.07) is 4.63. The zero-order valence-electron chi connectivity index (χ0n) is 17.4. The predicted molar refractivity (Wildman–Crippen MR) is 103 cm³/mol. The van der Waals surface area contributed by atoms with Gasteiger partial charge in [0.1, 0.15) is 17.1 Å². The van der Waals surface area contributed by atoms with E-state index in [-0.39, 0.29) is 24.2 Å². The highest BCUT2D eigenvalue weighted by Gasteiger charge is 2.39. The summed E-state index contributed by atoms with van der Waals surface area (Å²) in [7, 11) is -1.44. The number of ether oxygens (including phenoxy) is 2. The molecule has 1 aromatic rings. The number of benzene rings is 1. The number of Topliss-reactive ketones (excluding diaryl/α,β-unsaturated/α-hetero) is 1. The fraction of sp³-hybridized carbons (Fsp3) is 0.550. The van der Waals surface area contributed by atoms with Gasteiger partial charge in [0.15, 0.2) is 0 Å². The SMILES string of the molecule is CC(F)(F)CC(=O)C[C@H]1Cc2cccc(C(=O)OCOC(=O)C(C)(C)C)c2OB1O. The number of rotatable bonds is 7. The van der Waals surface area contributed by atoms with Crippen LogP contribution < -0.4 is 4.65 Å². The van der Waals surface area contributed by atoms with Gasteiger partial charge in [0, 0.05) is 12.2 Å². The van der Waals surface area contributed by atoms with E-state index in [2.05, 4.69) is 0 Å². The van der Waals surface area contributed by atoms with Crippen LogP contribution in [0.2, 0.25) is 5.82 Å². The summed E-state index contributed by atoms with van der Waals surface area (Å²) in [6.07, 6.45) is -1.03. The molecule has 0 aliphatic carbocycles. The molecule has 0 amide bonds. The molecule has 10 heteroatoms. The Balaban J connectivity index is 2.04. The first-order valence-corrected chi connectivity index (χ1v) is 9.48. The molecule has 30 heavy (non-hydrogen) atoms. The van der Waals surface area contributed by atoms with Crippen LogP contribution in [0.5, 0.6) is 5.75 Å². The number of fused-ring (bicyclic) bond motifs is 1. The Morgan fingerprint density at radius 2 is 1.87 bits per heavy atom. The average molecular weight is 426 g/mol. The molecule has 1 heterocycles. The number of carbonyl (C=O) groups is 3. The Labute approximate surface area is 173 Å². The van der Waals surface area contributed by atoms with Crippen molar-refractivity contribution in [1.82, 2.24) is 0 Å². The highest BCUT2D eigenvalue weighted by Crippen LogP contribution is 2.37. The molecule has 0 saturated heterocycles. The van der Waals surface area contributed by atoms with Gasteiger partial charge in [-0.25, -0.2) is 13.6 Å². The summed E-state index contributed by atoms with van der Waals surface area (Å²) < 4.78 is 41.3. The van der Waals surface area contributed by atoms with Crippen molar-refractivity contribution in [3.8, 4) is 5.75 Å². The maximum Gasteiger partial charge on any atom is 0.526 e. The molecule has 0 bridgehead atoms. The molecule has 1 N–H and O–H groups in total. The monoisotopic (exact) mass is 426 g/mol. The lowest BCUT2D eigenvalue weighted by Gasteiger charge is -2.28. The first-order chi connectivity index (χ1) is 13.8. The Morgan fingerprint density at radius 3 is 2.47 bits per heavy atom. The van der Waals surface area contributed by atoms with Gasteiger partial charge in [0.2, 0.25) is 6.79 Å². The highest BCUT2D eigenvalue weighted by atomic mass is 19.3. The van der Waals surface area contributed by atoms with E-state index in [0.717, 1.165) is 0 Å². The maximum absolute atomic E-state index is 13.0. The smallest absolute Gasteiger partial charge is 0.526 e. The van der Waals surface area contributed by atoms with Gasteiger partial charge in [-0.1, -0.05) is 12.1 Å². The van der Waals surface area contributed by atoms with E-state index in [1.807, 2.05) is 0 Å². The molecule has 7 nitrogen and oxygen atoms in total. The van der Waals surface area contributed by atoms with E-state index in [1.54, 1.807) is 32.9 Å². The van der Waals surface area contributed by atoms with Crippen molar-refractivity contribution in [1.29, 1.82) is 0 Å². The zero-order valence-corrected chi connectivity index (χ0v) is 17.4. The largest absolute Gasteiger partial charge is 0.535 e. The van der Waals surface area contributed by atoms with E-state index in [1.165, 1.54) is 6.07 Å². The number of alkyl halides is 2. The normalized spacial score (nSPS) is 16.4. The lowest BCUT2D eigenvalue weighted by Crippen LogP contribution is -2.36. The van der Waals surface area contributed by atoms with Gasteiger partial charge in [0.05, 0.1) is 11.8 Å². The zero-order chi connectivity index (χ0) is 22.7. The number of hydrogen-bond donors (Lipinski definition) is 1. The molecule has 1 aliphatic rings. The average Bonchev–Trinajstić information content (AvgIpc) is 2.59. The number of ketones is 1. The van der Waals surface area contributed by atoms with Crippen LogP contribution in [0.25, 0.3) is 0 Å². The van der Waals surface area contributed by atoms with Crippen molar-refractivity contribution < 1.29 is 42.3 Å². The van der Waals surface area contributed by atoms with Crippen molar-refractivity contribution in [3.05, 3.63) is 29.3 Å². The molecular formula is C20H25BF2O7. The van der Waals surface area contributed by atoms with Crippen LogP contribution in [0, 0.1) is 5.41 Å². The van der Waals surface area contributed by atoms with Gasteiger partial charge in [0.25, 0.3) is 5.92 Å². The number of hydrogen-bond acceptors (Lipinski definition) is 7. The van der Waals surface area contributed by atoms with Gasteiger partial charge >= 0.3 is 19.1 Å². The highest BCUT2D eigenvalue weighted by molar-refractivity contribution is 6.47. The van der Waals surface area contributed by atoms with Crippen LogP contribution in [0.3, 0.4) is 0 Å². The lowest BCUT2D eigenvalue weighted by molar-refractivity contribution is -0.161. The van der Waals surface area contributed by atoms with Crippen molar-refractivity contribution in [2.45, 2.75) is 58.7 Å². The topological polar surface area (TPSA) is 99.1 Å². The summed E-state index contributed by atoms with van der Waals surface area (Å²) in [5.74, 6) is -5.80. The molecule has 0 fully saturated rings. The summed E-state index contributed by atoms with van der Waals surface area (Å²) in [5.41, 5.74) is -0.203. The minimum Gasteiger partial charge on any atom is -0.535 e. The maximum atomic E-state index is 13.0. The van der Waals surface area contributed by atoms with Crippen LogP contribution in [0.15, 0.2) is 18.2 Å². The Morgan fingerprint density at radius 1 is 1.20 bits per heavy atom. The third kappa shape index (κ3) is 6.51. The van der Waals surface area contributed by atoms with E-state index in [0.29, 0.717) is 12.5 Å². The van der Waals surface area contributed by atoms with Crippen LogP contribution in [0.1, 0.15) is 56.5 Å². The first kappa shape index (κ1) is 23.8. The van der Waals surface area contributed by atoms with Crippen molar-refractivity contribution >= 4 is 24.8 Å². The standard InChI is InChI=1S/C20H25BF2O7/c1-19(2,3)18(26)29-11-28-17(25)15-7-5-6-12-8-13(21(27)30-16(12)15)9-14(24)10-20(4,22)23/h5-7,13,27H,8-11H2,1-4H3/t13-/m1/s1. The van der Waals surface area contributed by atoms with Gasteiger partial charge in [-0.05, 0) is 45.7 Å². The molecule has 2 rings (SSSR count). The molecule has 0 aromatic heterocycles. The molecule has 1 aliphatic heterocycles. The fourth-order valence-electron chi connectivity index (χ4n) is 2.96. The van der Waals surface area contributed by atoms with E-state index < -0.39 is 55.2 Å². The Kier molecular flexibility index (Phi) is 7.23. The van der Waals surface area contributed by atoms with Crippen molar-refractivity contribution in [2.75, 3.05) is 6.79 Å². The molecular weight excluding hydrogens is 401 g/mol. The number of carbonyl (C=O) groups excluding carboxylic acids is 3. The fourth-order valence-corrected chi connectivity index (χ4v) is 2.96. The van der Waals surface area contributed by atoms with Crippen molar-refractivity contribution in [2.24, 2.45) is 5.41 Å². The molecule has 0 radical (unpaired) electrons. The second kappa shape index (κ2) is 9.12. The number of para-hydroxylation sites is 1. The molecule has 164 valence electrons. The quantitative estimate of drug-likeness (QED) is 0.406. The van der Waals surface area contributed by atoms with Gasteiger partial charge < -0.3 is 19.2 Å². The molecule has 1 atom stereocenters. The second-order valence-corrected chi connectivity index (χ2v) is 8.49. The predicted octanol–water partition coefficient (Wildman–Crippen LogP) is 3.18. The minimum absolute atomic E-state index is 0.0169. The summed E-state index contributed by atoms with van der Waals surface area (Å²) in [5, 5.41) is 10.2. The minimum atomic E-state index is -3.12. The number of halogens is 2. The van der Waals surface area contributed by atoms with Crippen molar-refractivity contribution in [3.63, 3.8) is 0 Å². The van der Waals surface area contributed by atoms with Crippen LogP contribution in [-0.4, -0.2) is 42.6 Å². The Bertz CT molecular complexity index is 814. The third-order valence-electron chi connectivity index (χ3n) is 4.43. The molecule has 0 spiro atoms. The Hall–Kier alpha value is -2.49. The van der Waals surface area contributed by atoms with Crippen LogP contribution in [0.4, 0.5) is 8.78 Å². The second-order valence-electron chi connectivity index (χ2n) is 8.49. The third-order valence-corrected chi connectivity index (χ3v) is 4.43. The summed E-state index contributed by atoms with van der Waals surface area (Å²) in [4.78, 5) is 35.9. The van der Waals surface area contributed by atoms with Gasteiger partial charge in [-0.15, -0.1) is 0 Å². The van der Waals surface area contributed by atoms with E-state index in [9.17, 15) is 28.2 Å². The van der Waals surface area contributed by atoms with Gasteiger partial charge in [-0.2, -0.15) is 0 Å². The lowest BCUT2D eigenvalue weighted by atomic mass is 9.64. The van der Waals surface area contributed by atoms with Gasteiger partial charge in [-0.3, -0.25) is 9.59 Å². The van der Waals surface area contributed by atoms with Crippen LogP contribution >= 0.6 is 0 Å². The first-order valence-electron chi connectivity index (χ1n) is 9.48.